The molecule has 2 fully saturated rings. The molecule has 1 saturated heterocycles. The molecule has 0 aromatic carbocycles. The highest BCUT2D eigenvalue weighted by Gasteiger charge is 2.26. The number of likely N-dealkylation sites (N-methyl/N-ethyl adjacent to an activating group) is 1. The molecule has 1 atom stereocenters. The molecular formula is C17H30N4O. The first-order valence-electron chi connectivity index (χ1n) is 8.83. The van der Waals surface area contributed by atoms with E-state index in [4.69, 9.17) is 0 Å². The smallest absolute Gasteiger partial charge is 0.0535 e. The second kappa shape index (κ2) is 7.57. The normalized spacial score (nSPS) is 25.6. The largest absolute Gasteiger partial charge is 0.396 e. The van der Waals surface area contributed by atoms with Crippen molar-refractivity contribution in [2.24, 2.45) is 0 Å². The number of aliphatic hydroxyl groups is 1. The van der Waals surface area contributed by atoms with Gasteiger partial charge in [-0.25, -0.2) is 0 Å². The van der Waals surface area contributed by atoms with Gasteiger partial charge in [-0.15, -0.1) is 0 Å². The van der Waals surface area contributed by atoms with Crippen LogP contribution in [0.1, 0.15) is 55.7 Å². The van der Waals surface area contributed by atoms with E-state index in [2.05, 4.69) is 27.0 Å². The highest BCUT2D eigenvalue weighted by Crippen LogP contribution is 2.33. The van der Waals surface area contributed by atoms with Crippen molar-refractivity contribution in [3.8, 4) is 0 Å². The fourth-order valence-electron chi connectivity index (χ4n) is 4.05. The summed E-state index contributed by atoms with van der Waals surface area (Å²) in [4.78, 5) is 4.90. The van der Waals surface area contributed by atoms with E-state index in [1.54, 1.807) is 0 Å². The molecular weight excluding hydrogens is 276 g/mol. The van der Waals surface area contributed by atoms with Gasteiger partial charge in [0.1, 0.15) is 0 Å². The Morgan fingerprint density at radius 1 is 1.27 bits per heavy atom. The van der Waals surface area contributed by atoms with Crippen LogP contribution >= 0.6 is 0 Å². The van der Waals surface area contributed by atoms with E-state index >= 15 is 0 Å². The number of piperazine rings is 1. The van der Waals surface area contributed by atoms with Crippen molar-refractivity contribution in [2.75, 3.05) is 33.3 Å². The predicted molar refractivity (Wildman–Crippen MR) is 87.8 cm³/mol. The average Bonchev–Trinajstić information content (AvgIpc) is 3.00. The van der Waals surface area contributed by atoms with Crippen molar-refractivity contribution in [3.63, 3.8) is 0 Å². The van der Waals surface area contributed by atoms with Gasteiger partial charge in [-0.2, -0.15) is 5.10 Å². The van der Waals surface area contributed by atoms with E-state index < -0.39 is 0 Å². The van der Waals surface area contributed by atoms with Crippen LogP contribution in [-0.2, 0) is 6.54 Å². The molecule has 1 unspecified atom stereocenters. The van der Waals surface area contributed by atoms with Crippen LogP contribution in [-0.4, -0.2) is 64.4 Å². The molecule has 5 heteroatoms. The van der Waals surface area contributed by atoms with Gasteiger partial charge in [0.25, 0.3) is 0 Å². The van der Waals surface area contributed by atoms with Crippen LogP contribution < -0.4 is 0 Å². The minimum atomic E-state index is 0.280. The minimum Gasteiger partial charge on any atom is -0.396 e. The number of aromatic amines is 1. The zero-order valence-corrected chi connectivity index (χ0v) is 13.8. The van der Waals surface area contributed by atoms with Crippen LogP contribution in [0.5, 0.6) is 0 Å². The number of aliphatic hydroxyl groups excluding tert-OH is 1. The highest BCUT2D eigenvalue weighted by atomic mass is 16.3. The van der Waals surface area contributed by atoms with Crippen LogP contribution in [0.15, 0.2) is 6.20 Å². The van der Waals surface area contributed by atoms with Crippen molar-refractivity contribution in [2.45, 2.75) is 57.0 Å². The topological polar surface area (TPSA) is 55.4 Å². The average molecular weight is 306 g/mol. The van der Waals surface area contributed by atoms with Gasteiger partial charge in [0.05, 0.1) is 6.20 Å². The molecule has 1 aliphatic heterocycles. The van der Waals surface area contributed by atoms with Crippen LogP contribution in [0.25, 0.3) is 0 Å². The Bertz CT molecular complexity index is 455. The maximum atomic E-state index is 9.23. The van der Waals surface area contributed by atoms with Gasteiger partial charge in [-0.3, -0.25) is 10.00 Å². The fourth-order valence-corrected chi connectivity index (χ4v) is 4.05. The zero-order valence-electron chi connectivity index (χ0n) is 13.8. The predicted octanol–water partition coefficient (Wildman–Crippen LogP) is 1.96. The second-order valence-electron chi connectivity index (χ2n) is 7.03. The first-order chi connectivity index (χ1) is 10.8. The van der Waals surface area contributed by atoms with E-state index in [-0.39, 0.29) is 6.61 Å². The maximum absolute atomic E-state index is 9.23. The molecule has 22 heavy (non-hydrogen) atoms. The Morgan fingerprint density at radius 3 is 2.86 bits per heavy atom. The Kier molecular flexibility index (Phi) is 5.50. The SMILES string of the molecule is CN1CCN(Cc2cn[nH]c2C2CCCCC2)CC1CCO. The zero-order chi connectivity index (χ0) is 15.4. The van der Waals surface area contributed by atoms with Crippen molar-refractivity contribution in [1.29, 1.82) is 0 Å². The molecule has 1 saturated carbocycles. The highest BCUT2D eigenvalue weighted by molar-refractivity contribution is 5.21. The molecule has 0 amide bonds. The lowest BCUT2D eigenvalue weighted by Gasteiger charge is -2.39. The molecule has 2 N–H and O–H groups in total. The number of hydrogen-bond acceptors (Lipinski definition) is 4. The second-order valence-corrected chi connectivity index (χ2v) is 7.03. The Morgan fingerprint density at radius 2 is 2.09 bits per heavy atom. The van der Waals surface area contributed by atoms with Crippen molar-refractivity contribution in [1.82, 2.24) is 20.0 Å². The quantitative estimate of drug-likeness (QED) is 0.873. The Hall–Kier alpha value is -0.910. The maximum Gasteiger partial charge on any atom is 0.0535 e. The summed E-state index contributed by atoms with van der Waals surface area (Å²) in [5, 5.41) is 16.8. The van der Waals surface area contributed by atoms with Crippen molar-refractivity contribution < 1.29 is 5.11 Å². The molecule has 124 valence electrons. The van der Waals surface area contributed by atoms with E-state index in [1.807, 2.05) is 6.20 Å². The minimum absolute atomic E-state index is 0.280. The van der Waals surface area contributed by atoms with E-state index in [1.165, 1.54) is 43.4 Å². The number of rotatable bonds is 5. The third kappa shape index (κ3) is 3.70. The van der Waals surface area contributed by atoms with E-state index in [0.29, 0.717) is 12.0 Å². The van der Waals surface area contributed by atoms with Gasteiger partial charge < -0.3 is 10.0 Å². The summed E-state index contributed by atoms with van der Waals surface area (Å²) in [5.41, 5.74) is 2.77. The summed E-state index contributed by atoms with van der Waals surface area (Å²) < 4.78 is 0. The third-order valence-electron chi connectivity index (χ3n) is 5.48. The van der Waals surface area contributed by atoms with Gasteiger partial charge in [-0.05, 0) is 26.3 Å². The molecule has 0 spiro atoms. The summed E-state index contributed by atoms with van der Waals surface area (Å²) >= 11 is 0. The standard InChI is InChI=1S/C17H30N4O/c1-20-8-9-21(13-16(20)7-10-22)12-15-11-18-19-17(15)14-5-3-2-4-6-14/h11,14,16,22H,2-10,12-13H2,1H3,(H,18,19). The first kappa shape index (κ1) is 16.0. The summed E-state index contributed by atoms with van der Waals surface area (Å²) in [7, 11) is 2.17. The van der Waals surface area contributed by atoms with E-state index in [9.17, 15) is 5.11 Å². The summed E-state index contributed by atoms with van der Waals surface area (Å²) in [6.07, 6.45) is 9.63. The molecule has 2 aliphatic rings. The number of nitrogens with zero attached hydrogens (tertiary/aromatic N) is 3. The summed E-state index contributed by atoms with van der Waals surface area (Å²) in [5.74, 6) is 0.687. The molecule has 1 aromatic heterocycles. The van der Waals surface area contributed by atoms with E-state index in [0.717, 1.165) is 32.6 Å². The fraction of sp³-hybridized carbons (Fsp3) is 0.824. The van der Waals surface area contributed by atoms with Crippen LogP contribution in [0.4, 0.5) is 0 Å². The van der Waals surface area contributed by atoms with Gasteiger partial charge in [0.2, 0.25) is 0 Å². The lowest BCUT2D eigenvalue weighted by Crippen LogP contribution is -2.51. The van der Waals surface area contributed by atoms with Gasteiger partial charge in [-0.1, -0.05) is 19.3 Å². The lowest BCUT2D eigenvalue weighted by atomic mass is 9.85. The van der Waals surface area contributed by atoms with Crippen LogP contribution in [0, 0.1) is 0 Å². The monoisotopic (exact) mass is 306 g/mol. The molecule has 0 bridgehead atoms. The Balaban J connectivity index is 1.62. The van der Waals surface area contributed by atoms with Crippen LogP contribution in [0.2, 0.25) is 0 Å². The molecule has 2 heterocycles. The van der Waals surface area contributed by atoms with Crippen LogP contribution in [0.3, 0.4) is 0 Å². The Labute approximate surface area is 133 Å². The number of nitrogens with one attached hydrogen (secondary N) is 1. The number of H-pyrrole nitrogens is 1. The van der Waals surface area contributed by atoms with Crippen molar-refractivity contribution >= 4 is 0 Å². The first-order valence-corrected chi connectivity index (χ1v) is 8.83. The molecule has 0 radical (unpaired) electrons. The molecule has 1 aromatic rings. The third-order valence-corrected chi connectivity index (χ3v) is 5.48. The van der Waals surface area contributed by atoms with Gasteiger partial charge in [0, 0.05) is 56.0 Å². The molecule has 3 rings (SSSR count). The summed E-state index contributed by atoms with van der Waals surface area (Å²) in [6.45, 7) is 4.52. The number of hydrogen-bond donors (Lipinski definition) is 2. The molecule has 1 aliphatic carbocycles. The van der Waals surface area contributed by atoms with Gasteiger partial charge >= 0.3 is 0 Å². The summed E-state index contributed by atoms with van der Waals surface area (Å²) in [6, 6.07) is 0.476. The number of aromatic nitrogens is 2. The van der Waals surface area contributed by atoms with Crippen molar-refractivity contribution in [3.05, 3.63) is 17.5 Å². The van der Waals surface area contributed by atoms with Gasteiger partial charge in [0.15, 0.2) is 0 Å². The molecule has 5 nitrogen and oxygen atoms in total. The lowest BCUT2D eigenvalue weighted by molar-refractivity contribution is 0.0740.